The molecule has 1 aromatic carbocycles. The molecule has 4 aliphatic carbocycles. The molecule has 1 heterocycles. The zero-order valence-corrected chi connectivity index (χ0v) is 43.1. The second-order valence-electron chi connectivity index (χ2n) is 21.9. The molecule has 0 aromatic heterocycles. The van der Waals surface area contributed by atoms with Gasteiger partial charge in [-0.3, -0.25) is 4.79 Å². The minimum Gasteiger partial charge on any atom is -0.396 e. The van der Waals surface area contributed by atoms with Crippen LogP contribution >= 0.6 is 0 Å². The number of nitrogens with one attached hydrogen (secondary N) is 3. The monoisotopic (exact) mass is 972 g/mol. The summed E-state index contributed by atoms with van der Waals surface area (Å²) >= 11 is 0. The zero-order valence-electron chi connectivity index (χ0n) is 43.1. The van der Waals surface area contributed by atoms with E-state index in [1.165, 1.54) is 16.7 Å². The van der Waals surface area contributed by atoms with Crippen LogP contribution in [0.25, 0.3) is 0 Å². The number of fused-ring (bicyclic) bond motifs is 5. The van der Waals surface area contributed by atoms with Crippen LogP contribution in [0.3, 0.4) is 0 Å². The number of ether oxygens (including phenoxy) is 2. The summed E-state index contributed by atoms with van der Waals surface area (Å²) in [5, 5.41) is 77.3. The van der Waals surface area contributed by atoms with Gasteiger partial charge in [0.2, 0.25) is 0 Å². The van der Waals surface area contributed by atoms with E-state index in [4.69, 9.17) is 9.47 Å². The van der Waals surface area contributed by atoms with Crippen molar-refractivity contribution in [2.45, 2.75) is 140 Å². The van der Waals surface area contributed by atoms with E-state index in [1.54, 1.807) is 7.11 Å². The molecule has 4 bridgehead atoms. The Labute approximate surface area is 419 Å². The normalized spacial score (nSPS) is 34.4. The van der Waals surface area contributed by atoms with Gasteiger partial charge in [0.15, 0.2) is 0 Å². The molecule has 70 heavy (non-hydrogen) atoms. The average molecular weight is 972 g/mol. The number of aliphatic hydroxyl groups is 6. The van der Waals surface area contributed by atoms with Crippen LogP contribution in [0.2, 0.25) is 0 Å². The number of methoxy groups -OCH3 is 1. The van der Waals surface area contributed by atoms with E-state index in [1.807, 2.05) is 33.0 Å². The molecule has 1 aliphatic heterocycles. The van der Waals surface area contributed by atoms with Gasteiger partial charge < -0.3 is 56.1 Å². The molecule has 13 atom stereocenters. The van der Waals surface area contributed by atoms with Crippen molar-refractivity contribution in [3.63, 3.8) is 0 Å². The summed E-state index contributed by atoms with van der Waals surface area (Å²) < 4.78 is 11.8. The van der Waals surface area contributed by atoms with Gasteiger partial charge in [-0.1, -0.05) is 90.4 Å². The maximum Gasteiger partial charge on any atom is 0.145 e. The van der Waals surface area contributed by atoms with E-state index in [9.17, 15) is 35.4 Å². The van der Waals surface area contributed by atoms with Crippen LogP contribution in [0.1, 0.15) is 103 Å². The lowest BCUT2D eigenvalue weighted by atomic mass is 9.45. The lowest BCUT2D eigenvalue weighted by molar-refractivity contribution is -0.194. The number of carbonyl (C=O) groups excluding carboxylic acids is 1. The number of hydrogen-bond acceptors (Lipinski definition) is 12. The summed E-state index contributed by atoms with van der Waals surface area (Å²) in [5.74, 6) is -0.567. The summed E-state index contributed by atoms with van der Waals surface area (Å²) in [6.45, 7) is 12.6. The zero-order chi connectivity index (χ0) is 50.5. The Morgan fingerprint density at radius 2 is 1.91 bits per heavy atom. The Kier molecular flexibility index (Phi) is 21.0. The first-order chi connectivity index (χ1) is 33.7. The van der Waals surface area contributed by atoms with Gasteiger partial charge in [-0.15, -0.1) is 0 Å². The first-order valence-corrected chi connectivity index (χ1v) is 26.5. The maximum atomic E-state index is 13.0. The van der Waals surface area contributed by atoms with Crippen molar-refractivity contribution in [2.24, 2.45) is 40.9 Å². The molecule has 1 aromatic rings. The van der Waals surface area contributed by atoms with Crippen LogP contribution in [0.5, 0.6) is 0 Å². The van der Waals surface area contributed by atoms with Gasteiger partial charge in [-0.25, -0.2) is 0 Å². The van der Waals surface area contributed by atoms with Crippen molar-refractivity contribution in [3.05, 3.63) is 106 Å². The molecule has 390 valence electrons. The molecule has 3 fully saturated rings. The molecule has 13 unspecified atom stereocenters. The number of carbonyl (C=O) groups is 1. The van der Waals surface area contributed by atoms with Crippen molar-refractivity contribution >= 4 is 6.29 Å². The topological polar surface area (TPSA) is 193 Å². The molecular formula is C58H89N3O9. The fraction of sp³-hybridized carbons (Fsp3) is 0.672. The molecule has 12 nitrogen and oxygen atoms in total. The SMILES string of the molecule is C=C(C=CC=C(COCC(O)CO)C1CCC2(C1O)C1C(=C(C)C=O)C(C=CC1CCO)CC2(O)CCNC)C1CC=C(C)CNC(CCOC)(C2CCCC(NCC(C)O)C2)Cc2cccc(c2)C1. The molecule has 6 rings (SSSR count). The molecule has 5 aliphatic rings. The summed E-state index contributed by atoms with van der Waals surface area (Å²) in [4.78, 5) is 12.5. The maximum absolute atomic E-state index is 13.0. The number of benzene rings is 1. The highest BCUT2D eigenvalue weighted by atomic mass is 16.5. The van der Waals surface area contributed by atoms with E-state index < -0.39 is 35.7 Å². The van der Waals surface area contributed by atoms with Gasteiger partial charge in [0.1, 0.15) is 12.4 Å². The van der Waals surface area contributed by atoms with Crippen molar-refractivity contribution in [3.8, 4) is 0 Å². The van der Waals surface area contributed by atoms with Gasteiger partial charge in [-0.2, -0.15) is 0 Å². The second kappa shape index (κ2) is 26.2. The molecular weight excluding hydrogens is 883 g/mol. The summed E-state index contributed by atoms with van der Waals surface area (Å²) in [6.07, 6.45) is 21.2. The van der Waals surface area contributed by atoms with Crippen LogP contribution in [0.15, 0.2) is 95.2 Å². The van der Waals surface area contributed by atoms with Gasteiger partial charge >= 0.3 is 0 Å². The predicted molar refractivity (Wildman–Crippen MR) is 278 cm³/mol. The molecule has 1 spiro atoms. The van der Waals surface area contributed by atoms with Crippen LogP contribution in [-0.4, -0.2) is 139 Å². The number of aliphatic hydroxyl groups excluding tert-OH is 5. The second-order valence-corrected chi connectivity index (χ2v) is 21.9. The summed E-state index contributed by atoms with van der Waals surface area (Å²) in [5.41, 5.74) is 4.74. The molecule has 0 saturated heterocycles. The van der Waals surface area contributed by atoms with Crippen molar-refractivity contribution in [2.75, 3.05) is 66.8 Å². The van der Waals surface area contributed by atoms with Crippen LogP contribution in [0, 0.1) is 40.9 Å². The van der Waals surface area contributed by atoms with Crippen molar-refractivity contribution < 1.29 is 44.9 Å². The highest BCUT2D eigenvalue weighted by Crippen LogP contribution is 2.67. The lowest BCUT2D eigenvalue weighted by Crippen LogP contribution is -2.65. The first-order valence-electron chi connectivity index (χ1n) is 26.5. The fourth-order valence-corrected chi connectivity index (χ4v) is 13.5. The number of aldehydes is 1. The third-order valence-corrected chi connectivity index (χ3v) is 17.2. The molecule has 12 heteroatoms. The van der Waals surface area contributed by atoms with E-state index in [0.29, 0.717) is 69.3 Å². The Morgan fingerprint density at radius 1 is 1.11 bits per heavy atom. The number of rotatable bonds is 22. The summed E-state index contributed by atoms with van der Waals surface area (Å²) in [7, 11) is 3.65. The smallest absolute Gasteiger partial charge is 0.145 e. The third-order valence-electron chi connectivity index (χ3n) is 17.2. The summed E-state index contributed by atoms with van der Waals surface area (Å²) in [6, 6.07) is 9.41. The van der Waals surface area contributed by atoms with E-state index in [-0.39, 0.29) is 55.1 Å². The highest BCUT2D eigenvalue weighted by molar-refractivity contribution is 5.74. The van der Waals surface area contributed by atoms with E-state index >= 15 is 0 Å². The Hall–Kier alpha value is -3.11. The van der Waals surface area contributed by atoms with Gasteiger partial charge in [0.25, 0.3) is 0 Å². The minimum absolute atomic E-state index is 0.0606. The third kappa shape index (κ3) is 13.2. The number of allylic oxidation sites excluding steroid dienone is 9. The van der Waals surface area contributed by atoms with E-state index in [0.717, 1.165) is 80.9 Å². The van der Waals surface area contributed by atoms with Gasteiger partial charge in [-0.05, 0) is 157 Å². The van der Waals surface area contributed by atoms with Gasteiger partial charge in [0, 0.05) is 62.2 Å². The standard InChI is InChI=1S/C58H89N3O9/c1-39-16-17-46(29-43-11-8-12-44(28-43)31-56(61-33-39,24-27-69-6)49-14-9-15-50(30-49)60-34-42(4)65)40(2)10-7-13-48(37-70-38-51(66)36-64)52-20-22-58(55(52)67)54-45(21-26-62)18-19-47(53(54)41(3)35-63)32-57(58,68)23-25-59-5/h7-8,10-13,16,18-19,28,35,42,45-47,49-52,54-55,59-62,64-68H,2,9,14-15,17,20-27,29-34,36-38H2,1,3-6H3. The average Bonchev–Trinajstić information content (AvgIpc) is 3.70. The Bertz CT molecular complexity index is 2030. The quantitative estimate of drug-likeness (QED) is 0.0292. The first kappa shape index (κ1) is 56.2. The molecule has 0 amide bonds. The lowest BCUT2D eigenvalue weighted by Gasteiger charge is -2.61. The van der Waals surface area contributed by atoms with Crippen LogP contribution in [0.4, 0.5) is 0 Å². The molecule has 0 radical (unpaired) electrons. The number of hydrogen-bond donors (Lipinski definition) is 9. The van der Waals surface area contributed by atoms with Crippen LogP contribution < -0.4 is 16.0 Å². The predicted octanol–water partition coefficient (Wildman–Crippen LogP) is 5.86. The minimum atomic E-state index is -1.28. The molecule has 9 N–H and O–H groups in total. The van der Waals surface area contributed by atoms with E-state index in [2.05, 4.69) is 78.0 Å². The fourth-order valence-electron chi connectivity index (χ4n) is 13.5. The van der Waals surface area contributed by atoms with Gasteiger partial charge in [0.05, 0.1) is 37.6 Å². The van der Waals surface area contributed by atoms with Crippen LogP contribution in [-0.2, 0) is 27.1 Å². The highest BCUT2D eigenvalue weighted by Gasteiger charge is 2.68. The Balaban J connectivity index is 1.29. The molecule has 3 saturated carbocycles. The largest absolute Gasteiger partial charge is 0.396 e. The van der Waals surface area contributed by atoms with Crippen molar-refractivity contribution in [1.82, 2.24) is 16.0 Å². The Morgan fingerprint density at radius 3 is 2.64 bits per heavy atom. The van der Waals surface area contributed by atoms with Crippen molar-refractivity contribution in [1.29, 1.82) is 0 Å².